The normalized spacial score (nSPS) is 10.8. The number of hydrogen-bond acceptors (Lipinski definition) is 3. The van der Waals surface area contributed by atoms with Crippen molar-refractivity contribution in [3.8, 4) is 0 Å². The third-order valence-corrected chi connectivity index (χ3v) is 4.54. The van der Waals surface area contributed by atoms with Crippen LogP contribution in [0.5, 0.6) is 0 Å². The summed E-state index contributed by atoms with van der Waals surface area (Å²) in [6.07, 6.45) is 3.05. The summed E-state index contributed by atoms with van der Waals surface area (Å²) in [5.74, 6) is -1.41. The van der Waals surface area contributed by atoms with Crippen LogP contribution >= 0.6 is 27.3 Å². The van der Waals surface area contributed by atoms with Gasteiger partial charge in [-0.3, -0.25) is 4.79 Å². The Balaban J connectivity index is 2.14. The first-order chi connectivity index (χ1) is 9.99. The van der Waals surface area contributed by atoms with Gasteiger partial charge in [0.1, 0.15) is 4.88 Å². The maximum Gasteiger partial charge on any atom is 0.348 e. The molecule has 0 bridgehead atoms. The molecule has 2 aromatic rings. The molecular formula is C15H12BrNO3S. The molecule has 0 saturated heterocycles. The highest BCUT2D eigenvalue weighted by Gasteiger charge is 2.16. The summed E-state index contributed by atoms with van der Waals surface area (Å²) in [4.78, 5) is 23.1. The summed E-state index contributed by atoms with van der Waals surface area (Å²) in [5.41, 5.74) is 1.96. The van der Waals surface area contributed by atoms with Gasteiger partial charge in [0, 0.05) is 10.5 Å². The Morgan fingerprint density at radius 2 is 2.05 bits per heavy atom. The molecule has 0 aliphatic rings. The van der Waals surface area contributed by atoms with E-state index in [2.05, 4.69) is 21.2 Å². The lowest BCUT2D eigenvalue weighted by molar-refractivity contribution is -0.111. The maximum atomic E-state index is 11.9. The fourth-order valence-electron chi connectivity index (χ4n) is 1.70. The average Bonchev–Trinajstić information content (AvgIpc) is 2.79. The monoisotopic (exact) mass is 365 g/mol. The van der Waals surface area contributed by atoms with E-state index in [0.717, 1.165) is 26.9 Å². The van der Waals surface area contributed by atoms with Crippen molar-refractivity contribution in [2.24, 2.45) is 0 Å². The topological polar surface area (TPSA) is 66.4 Å². The van der Waals surface area contributed by atoms with Crippen LogP contribution in [0, 0.1) is 6.92 Å². The van der Waals surface area contributed by atoms with E-state index in [-0.39, 0.29) is 10.8 Å². The van der Waals surface area contributed by atoms with Crippen LogP contribution in [0.3, 0.4) is 0 Å². The molecule has 0 fully saturated rings. The van der Waals surface area contributed by atoms with Gasteiger partial charge in [0.05, 0.1) is 5.69 Å². The molecule has 1 aromatic carbocycles. The Labute approximate surface area is 134 Å². The van der Waals surface area contributed by atoms with E-state index in [1.54, 1.807) is 18.4 Å². The Hall–Kier alpha value is -1.92. The Kier molecular flexibility index (Phi) is 4.93. The van der Waals surface area contributed by atoms with Crippen LogP contribution in [-0.4, -0.2) is 17.0 Å². The SMILES string of the molecule is Cc1csc(C(=O)O)c1NC(=O)/C=C/c1ccccc1Br. The van der Waals surface area contributed by atoms with Crippen molar-refractivity contribution in [1.82, 2.24) is 0 Å². The van der Waals surface area contributed by atoms with Crippen molar-refractivity contribution >= 4 is 50.9 Å². The molecule has 6 heteroatoms. The van der Waals surface area contributed by atoms with Crippen molar-refractivity contribution in [2.45, 2.75) is 6.92 Å². The van der Waals surface area contributed by atoms with Gasteiger partial charge in [-0.15, -0.1) is 11.3 Å². The second kappa shape index (κ2) is 6.69. The third kappa shape index (κ3) is 3.80. The van der Waals surface area contributed by atoms with Crippen molar-refractivity contribution in [1.29, 1.82) is 0 Å². The standard InChI is InChI=1S/C15H12BrNO3S/c1-9-8-21-14(15(19)20)13(9)17-12(18)7-6-10-4-2-3-5-11(10)16/h2-8H,1H3,(H,17,18)(H,19,20)/b7-6+. The number of carboxylic acids is 1. The van der Waals surface area contributed by atoms with Crippen LogP contribution in [0.2, 0.25) is 0 Å². The predicted molar refractivity (Wildman–Crippen MR) is 87.8 cm³/mol. The number of rotatable bonds is 4. The fourth-order valence-corrected chi connectivity index (χ4v) is 2.96. The number of carbonyl (C=O) groups excluding carboxylic acids is 1. The molecule has 0 unspecified atom stereocenters. The number of carbonyl (C=O) groups is 2. The van der Waals surface area contributed by atoms with E-state index in [1.165, 1.54) is 6.08 Å². The molecule has 0 saturated carbocycles. The average molecular weight is 366 g/mol. The van der Waals surface area contributed by atoms with E-state index < -0.39 is 5.97 Å². The summed E-state index contributed by atoms with van der Waals surface area (Å²) < 4.78 is 0.881. The fraction of sp³-hybridized carbons (Fsp3) is 0.0667. The largest absolute Gasteiger partial charge is 0.477 e. The molecule has 1 amide bonds. The van der Waals surface area contributed by atoms with Crippen LogP contribution in [-0.2, 0) is 4.79 Å². The van der Waals surface area contributed by atoms with Gasteiger partial charge >= 0.3 is 5.97 Å². The molecule has 108 valence electrons. The lowest BCUT2D eigenvalue weighted by atomic mass is 10.2. The number of amides is 1. The van der Waals surface area contributed by atoms with Crippen LogP contribution in [0.1, 0.15) is 20.8 Å². The van der Waals surface area contributed by atoms with Crippen LogP contribution in [0.4, 0.5) is 5.69 Å². The van der Waals surface area contributed by atoms with Crippen molar-refractivity contribution in [2.75, 3.05) is 5.32 Å². The molecule has 0 radical (unpaired) electrons. The van der Waals surface area contributed by atoms with Gasteiger partial charge < -0.3 is 10.4 Å². The number of aromatic carboxylic acids is 1. The van der Waals surface area contributed by atoms with Crippen molar-refractivity contribution in [3.63, 3.8) is 0 Å². The highest BCUT2D eigenvalue weighted by molar-refractivity contribution is 9.10. The Morgan fingerprint density at radius 1 is 1.33 bits per heavy atom. The predicted octanol–water partition coefficient (Wildman–Crippen LogP) is 4.17. The molecule has 0 aliphatic heterocycles. The molecule has 21 heavy (non-hydrogen) atoms. The number of nitrogens with one attached hydrogen (secondary N) is 1. The smallest absolute Gasteiger partial charge is 0.348 e. The summed E-state index contributed by atoms with van der Waals surface area (Å²) in [6.45, 7) is 1.76. The minimum atomic E-state index is -1.04. The second-order valence-corrected chi connectivity index (χ2v) is 6.01. The maximum absolute atomic E-state index is 11.9. The number of thiophene rings is 1. The van der Waals surface area contributed by atoms with Crippen LogP contribution in [0.15, 0.2) is 40.2 Å². The molecule has 1 heterocycles. The first-order valence-electron chi connectivity index (χ1n) is 6.04. The van der Waals surface area contributed by atoms with Gasteiger partial charge in [-0.25, -0.2) is 4.79 Å². The lowest BCUT2D eigenvalue weighted by Gasteiger charge is -2.03. The molecular weight excluding hydrogens is 354 g/mol. The lowest BCUT2D eigenvalue weighted by Crippen LogP contribution is -2.11. The van der Waals surface area contributed by atoms with Gasteiger partial charge in [-0.05, 0) is 35.6 Å². The first kappa shape index (κ1) is 15.5. The van der Waals surface area contributed by atoms with Gasteiger partial charge in [0.25, 0.3) is 0 Å². The molecule has 0 atom stereocenters. The number of carboxylic acid groups (broad SMARTS) is 1. The van der Waals surface area contributed by atoms with E-state index in [0.29, 0.717) is 5.69 Å². The molecule has 2 rings (SSSR count). The number of hydrogen-bond donors (Lipinski definition) is 2. The second-order valence-electron chi connectivity index (χ2n) is 4.27. The number of benzene rings is 1. The Morgan fingerprint density at radius 3 is 2.71 bits per heavy atom. The van der Waals surface area contributed by atoms with Gasteiger partial charge in [-0.1, -0.05) is 34.1 Å². The molecule has 0 aliphatic carbocycles. The third-order valence-electron chi connectivity index (χ3n) is 2.74. The zero-order chi connectivity index (χ0) is 15.4. The Bertz CT molecular complexity index is 721. The van der Waals surface area contributed by atoms with Gasteiger partial charge in [0.2, 0.25) is 5.91 Å². The minimum absolute atomic E-state index is 0.134. The summed E-state index contributed by atoms with van der Waals surface area (Å²) >= 11 is 4.49. The summed E-state index contributed by atoms with van der Waals surface area (Å²) in [6, 6.07) is 7.50. The van der Waals surface area contributed by atoms with E-state index in [9.17, 15) is 9.59 Å². The van der Waals surface area contributed by atoms with E-state index in [1.807, 2.05) is 24.3 Å². The van der Waals surface area contributed by atoms with Crippen LogP contribution < -0.4 is 5.32 Å². The minimum Gasteiger partial charge on any atom is -0.477 e. The first-order valence-corrected chi connectivity index (χ1v) is 7.71. The van der Waals surface area contributed by atoms with Crippen molar-refractivity contribution in [3.05, 3.63) is 56.2 Å². The van der Waals surface area contributed by atoms with E-state index >= 15 is 0 Å². The molecule has 0 spiro atoms. The van der Waals surface area contributed by atoms with Crippen molar-refractivity contribution < 1.29 is 14.7 Å². The highest BCUT2D eigenvalue weighted by atomic mass is 79.9. The molecule has 4 nitrogen and oxygen atoms in total. The molecule has 1 aromatic heterocycles. The summed E-state index contributed by atoms with van der Waals surface area (Å²) in [5, 5.41) is 13.4. The highest BCUT2D eigenvalue weighted by Crippen LogP contribution is 2.27. The van der Waals surface area contributed by atoms with E-state index in [4.69, 9.17) is 5.11 Å². The zero-order valence-corrected chi connectivity index (χ0v) is 13.5. The number of aryl methyl sites for hydroxylation is 1. The number of halogens is 1. The van der Waals surface area contributed by atoms with Gasteiger partial charge in [0.15, 0.2) is 0 Å². The summed E-state index contributed by atoms with van der Waals surface area (Å²) in [7, 11) is 0. The zero-order valence-electron chi connectivity index (χ0n) is 11.1. The number of anilines is 1. The van der Waals surface area contributed by atoms with Crippen LogP contribution in [0.25, 0.3) is 6.08 Å². The van der Waals surface area contributed by atoms with Gasteiger partial charge in [-0.2, -0.15) is 0 Å². The molecule has 2 N–H and O–H groups in total. The quantitative estimate of drug-likeness (QED) is 0.799.